The van der Waals surface area contributed by atoms with Gasteiger partial charge in [-0.1, -0.05) is 24.7 Å². The molecule has 1 heterocycles. The molecule has 1 aromatic rings. The third-order valence-corrected chi connectivity index (χ3v) is 4.84. The molecule has 126 valence electrons. The molecule has 0 amide bonds. The molecule has 0 atom stereocenters. The minimum Gasteiger partial charge on any atom is -0.378 e. The molecule has 2 N–H and O–H groups in total. The molecule has 1 aromatic heterocycles. The predicted molar refractivity (Wildman–Crippen MR) is 91.9 cm³/mol. The molecule has 2 saturated carbocycles. The third kappa shape index (κ3) is 4.57. The van der Waals surface area contributed by atoms with Gasteiger partial charge < -0.3 is 10.2 Å². The van der Waals surface area contributed by atoms with E-state index in [1.54, 1.807) is 12.4 Å². The molecule has 0 unspecified atom stereocenters. The van der Waals surface area contributed by atoms with Crippen molar-refractivity contribution in [2.75, 3.05) is 0 Å². The van der Waals surface area contributed by atoms with Crippen LogP contribution in [0.15, 0.2) is 12.4 Å². The van der Waals surface area contributed by atoms with Crippen LogP contribution in [0, 0.1) is 23.7 Å². The molecule has 0 radical (unpaired) electrons. The van der Waals surface area contributed by atoms with Crippen LogP contribution in [0.3, 0.4) is 0 Å². The molecule has 0 aromatic carbocycles. The zero-order chi connectivity index (χ0) is 16.9. The molecule has 24 heavy (non-hydrogen) atoms. The van der Waals surface area contributed by atoms with Crippen molar-refractivity contribution in [3.63, 3.8) is 0 Å². The van der Waals surface area contributed by atoms with Gasteiger partial charge in [-0.2, -0.15) is 0 Å². The fourth-order valence-corrected chi connectivity index (χ4v) is 3.37. The molecular weight excluding hydrogens is 300 g/mol. The summed E-state index contributed by atoms with van der Waals surface area (Å²) in [5.41, 5.74) is -0.759. The van der Waals surface area contributed by atoms with Crippen LogP contribution < -0.4 is 0 Å². The summed E-state index contributed by atoms with van der Waals surface area (Å²) >= 11 is 0. The quantitative estimate of drug-likeness (QED) is 0.720. The van der Waals surface area contributed by atoms with Crippen LogP contribution in [0.2, 0.25) is 0 Å². The van der Waals surface area contributed by atoms with Crippen molar-refractivity contribution >= 4 is 0 Å². The molecule has 4 heteroatoms. The zero-order valence-corrected chi connectivity index (χ0v) is 14.0. The van der Waals surface area contributed by atoms with E-state index in [2.05, 4.69) is 33.6 Å². The van der Waals surface area contributed by atoms with Gasteiger partial charge in [0.15, 0.2) is 0 Å². The van der Waals surface area contributed by atoms with Gasteiger partial charge in [0, 0.05) is 0 Å². The maximum absolute atomic E-state index is 10.4. The van der Waals surface area contributed by atoms with Crippen LogP contribution in [-0.4, -0.2) is 31.4 Å². The van der Waals surface area contributed by atoms with Crippen LogP contribution in [0.5, 0.6) is 0 Å². The summed E-state index contributed by atoms with van der Waals surface area (Å²) in [6.07, 6.45) is 12.4. The maximum Gasteiger partial charge on any atom is 0.133 e. The molecule has 0 aliphatic heterocycles. The Labute approximate surface area is 143 Å². The van der Waals surface area contributed by atoms with E-state index in [1.807, 2.05) is 0 Å². The highest BCUT2D eigenvalue weighted by Gasteiger charge is 2.27. The predicted octanol–water partition coefficient (Wildman–Crippen LogP) is 2.57. The second-order valence-electron chi connectivity index (χ2n) is 6.97. The van der Waals surface area contributed by atoms with Crippen LogP contribution in [-0.2, 0) is 0 Å². The Morgan fingerprint density at radius 1 is 0.708 bits per heavy atom. The highest BCUT2D eigenvalue weighted by atomic mass is 16.3. The van der Waals surface area contributed by atoms with Crippen molar-refractivity contribution in [2.24, 2.45) is 0 Å². The molecule has 2 fully saturated rings. The van der Waals surface area contributed by atoms with Gasteiger partial charge in [0.2, 0.25) is 0 Å². The monoisotopic (exact) mass is 324 g/mol. The lowest BCUT2D eigenvalue weighted by Gasteiger charge is -2.26. The third-order valence-electron chi connectivity index (χ3n) is 4.84. The number of nitrogens with zero attached hydrogens (tertiary/aromatic N) is 2. The average Bonchev–Trinajstić information content (AvgIpc) is 2.60. The van der Waals surface area contributed by atoms with Gasteiger partial charge in [0.1, 0.15) is 22.6 Å². The highest BCUT2D eigenvalue weighted by Crippen LogP contribution is 2.28. The molecular formula is C20H24N2O2. The van der Waals surface area contributed by atoms with E-state index in [4.69, 9.17) is 0 Å². The normalized spacial score (nSPS) is 21.8. The van der Waals surface area contributed by atoms with Crippen LogP contribution >= 0.6 is 0 Å². The minimum absolute atomic E-state index is 0.511. The minimum atomic E-state index is -0.890. The number of aromatic nitrogens is 2. The summed E-state index contributed by atoms with van der Waals surface area (Å²) in [4.78, 5) is 8.50. The Kier molecular flexibility index (Phi) is 5.19. The largest absolute Gasteiger partial charge is 0.378 e. The first-order valence-corrected chi connectivity index (χ1v) is 8.90. The summed E-state index contributed by atoms with van der Waals surface area (Å²) in [6, 6.07) is 0. The van der Waals surface area contributed by atoms with Crippen LogP contribution in [0.1, 0.15) is 75.6 Å². The van der Waals surface area contributed by atoms with Gasteiger partial charge in [-0.25, -0.2) is 4.98 Å². The van der Waals surface area contributed by atoms with Crippen molar-refractivity contribution in [3.05, 3.63) is 23.8 Å². The summed E-state index contributed by atoms with van der Waals surface area (Å²) in [7, 11) is 0. The van der Waals surface area contributed by atoms with Crippen molar-refractivity contribution in [1.29, 1.82) is 0 Å². The molecule has 2 aliphatic carbocycles. The SMILES string of the molecule is OC1(C#Cc2cncc(C#CC3(O)CCCCC3)n2)CCCCC1. The van der Waals surface area contributed by atoms with E-state index in [9.17, 15) is 10.2 Å². The lowest BCUT2D eigenvalue weighted by Crippen LogP contribution is -2.29. The second-order valence-corrected chi connectivity index (χ2v) is 6.97. The topological polar surface area (TPSA) is 66.2 Å². The molecule has 0 saturated heterocycles. The van der Waals surface area contributed by atoms with E-state index in [-0.39, 0.29) is 0 Å². The van der Waals surface area contributed by atoms with Crippen molar-refractivity contribution < 1.29 is 10.2 Å². The summed E-state index contributed by atoms with van der Waals surface area (Å²) < 4.78 is 0. The number of aliphatic hydroxyl groups is 2. The Bertz CT molecular complexity index is 636. The van der Waals surface area contributed by atoms with E-state index < -0.39 is 11.2 Å². The summed E-state index contributed by atoms with van der Waals surface area (Å²) in [5.74, 6) is 11.8. The van der Waals surface area contributed by atoms with E-state index in [0.717, 1.165) is 64.2 Å². The summed E-state index contributed by atoms with van der Waals surface area (Å²) in [5, 5.41) is 20.9. The lowest BCUT2D eigenvalue weighted by atomic mass is 9.85. The summed E-state index contributed by atoms with van der Waals surface area (Å²) in [6.45, 7) is 0. The van der Waals surface area contributed by atoms with Crippen molar-refractivity contribution in [2.45, 2.75) is 75.4 Å². The Hall–Kier alpha value is -1.88. The Morgan fingerprint density at radius 2 is 1.12 bits per heavy atom. The van der Waals surface area contributed by atoms with Gasteiger partial charge >= 0.3 is 0 Å². The first kappa shape index (κ1) is 17.0. The lowest BCUT2D eigenvalue weighted by molar-refractivity contribution is 0.0606. The fourth-order valence-electron chi connectivity index (χ4n) is 3.37. The smallest absolute Gasteiger partial charge is 0.133 e. The van der Waals surface area contributed by atoms with Gasteiger partial charge in [0.25, 0.3) is 0 Å². The zero-order valence-electron chi connectivity index (χ0n) is 14.0. The van der Waals surface area contributed by atoms with Crippen LogP contribution in [0.25, 0.3) is 0 Å². The fraction of sp³-hybridized carbons (Fsp3) is 0.600. The Balaban J connectivity index is 1.73. The molecule has 0 bridgehead atoms. The molecule has 4 nitrogen and oxygen atoms in total. The average molecular weight is 324 g/mol. The second kappa shape index (κ2) is 7.34. The van der Waals surface area contributed by atoms with E-state index >= 15 is 0 Å². The molecule has 2 aliphatic rings. The Morgan fingerprint density at radius 3 is 1.54 bits per heavy atom. The van der Waals surface area contributed by atoms with Gasteiger partial charge in [-0.15, -0.1) is 0 Å². The van der Waals surface area contributed by atoms with E-state index in [1.165, 1.54) is 0 Å². The van der Waals surface area contributed by atoms with Gasteiger partial charge in [-0.05, 0) is 63.2 Å². The highest BCUT2D eigenvalue weighted by molar-refractivity contribution is 5.35. The number of hydrogen-bond acceptors (Lipinski definition) is 4. The van der Waals surface area contributed by atoms with Gasteiger partial charge in [-0.3, -0.25) is 4.98 Å². The first-order valence-electron chi connectivity index (χ1n) is 8.90. The molecule has 0 spiro atoms. The number of rotatable bonds is 0. The van der Waals surface area contributed by atoms with Crippen LogP contribution in [0.4, 0.5) is 0 Å². The van der Waals surface area contributed by atoms with Crippen molar-refractivity contribution in [1.82, 2.24) is 9.97 Å². The maximum atomic E-state index is 10.4. The standard InChI is InChI=1S/C20H24N2O2/c23-19(9-3-1-4-10-19)13-7-17-15-21-16-18(22-17)8-14-20(24)11-5-2-6-12-20/h15-16,23-24H,1-6,9-12H2. The van der Waals surface area contributed by atoms with Gasteiger partial charge in [0.05, 0.1) is 12.4 Å². The first-order chi connectivity index (χ1) is 11.6. The number of hydrogen-bond donors (Lipinski definition) is 2. The van der Waals surface area contributed by atoms with E-state index in [0.29, 0.717) is 11.4 Å². The molecule has 3 rings (SSSR count). The van der Waals surface area contributed by atoms with Crippen molar-refractivity contribution in [3.8, 4) is 23.7 Å².